The maximum absolute atomic E-state index is 12.4. The third-order valence-electron chi connectivity index (χ3n) is 6.08. The fourth-order valence-corrected chi connectivity index (χ4v) is 4.88. The summed E-state index contributed by atoms with van der Waals surface area (Å²) in [6, 6.07) is 0. The van der Waals surface area contributed by atoms with Crippen molar-refractivity contribution in [2.75, 3.05) is 13.7 Å². The Morgan fingerprint density at radius 2 is 2.05 bits per heavy atom. The summed E-state index contributed by atoms with van der Waals surface area (Å²) in [6.07, 6.45) is -0.255. The molecule has 0 aromatic heterocycles. The van der Waals surface area contributed by atoms with Gasteiger partial charge in [-0.25, -0.2) is 9.59 Å². The highest BCUT2D eigenvalue weighted by Gasteiger charge is 2.76. The van der Waals surface area contributed by atoms with E-state index < -0.39 is 35.0 Å². The third kappa shape index (κ3) is 1.68. The predicted octanol–water partition coefficient (Wildman–Crippen LogP) is 0.417. The molecule has 22 heavy (non-hydrogen) atoms. The summed E-state index contributed by atoms with van der Waals surface area (Å²) in [5.74, 6) is -1.37. The number of esters is 2. The first-order valence-corrected chi connectivity index (χ1v) is 7.53. The molecule has 2 saturated carbocycles. The van der Waals surface area contributed by atoms with E-state index in [4.69, 9.17) is 4.74 Å². The van der Waals surface area contributed by atoms with Crippen LogP contribution in [0.3, 0.4) is 0 Å². The Hall–Kier alpha value is -1.40. The van der Waals surface area contributed by atoms with E-state index in [-0.39, 0.29) is 29.6 Å². The van der Waals surface area contributed by atoms with Crippen molar-refractivity contribution in [1.82, 2.24) is 0 Å². The number of fused-ring (bicyclic) bond motifs is 3. The number of aliphatic hydroxyl groups excluding tert-OH is 2. The average Bonchev–Trinajstić information content (AvgIpc) is 3.23. The fraction of sp³-hybridized carbons (Fsp3) is 0.750. The number of carbonyl (C=O) groups excluding carboxylic acids is 2. The minimum atomic E-state index is -1.14. The lowest BCUT2D eigenvalue weighted by atomic mass is 9.65. The van der Waals surface area contributed by atoms with Crippen molar-refractivity contribution in [2.24, 2.45) is 23.2 Å². The Morgan fingerprint density at radius 3 is 2.59 bits per heavy atom. The van der Waals surface area contributed by atoms with Gasteiger partial charge < -0.3 is 19.7 Å². The molecule has 3 fully saturated rings. The van der Waals surface area contributed by atoms with E-state index in [0.717, 1.165) is 6.42 Å². The second-order valence-corrected chi connectivity index (χ2v) is 7.14. The number of carbonyl (C=O) groups is 2. The fourth-order valence-electron chi connectivity index (χ4n) is 4.88. The van der Waals surface area contributed by atoms with Gasteiger partial charge in [0.15, 0.2) is 0 Å². The number of ether oxygens (including phenoxy) is 2. The van der Waals surface area contributed by atoms with Crippen LogP contribution in [0.5, 0.6) is 0 Å². The molecule has 0 aromatic carbocycles. The van der Waals surface area contributed by atoms with Crippen molar-refractivity contribution in [1.29, 1.82) is 0 Å². The topological polar surface area (TPSA) is 93.1 Å². The Morgan fingerprint density at radius 1 is 1.41 bits per heavy atom. The Labute approximate surface area is 129 Å². The Bertz CT molecular complexity index is 581. The molecule has 1 saturated heterocycles. The highest BCUT2D eigenvalue weighted by atomic mass is 16.6. The molecule has 2 N–H and O–H groups in total. The van der Waals surface area contributed by atoms with Crippen LogP contribution >= 0.6 is 0 Å². The predicted molar refractivity (Wildman–Crippen MR) is 75.5 cm³/mol. The molecule has 1 aliphatic heterocycles. The first kappa shape index (κ1) is 15.5. The standard InChI is InChI=1S/C16H22O6/c1-7(13(19)21-4)10-11(18)12-15(2,6-17)8-5-9(8)16(12,3)22-14(10)20/h8-9,11-12,17-18H,5-6H2,1-4H3/b10-7-/t8-,9+,11+,12+,15+,16+/m0/s1. The number of aliphatic hydroxyl groups is 2. The molecule has 0 aromatic rings. The molecular formula is C16H22O6. The van der Waals surface area contributed by atoms with Crippen LogP contribution in [0, 0.1) is 23.2 Å². The molecule has 0 unspecified atom stereocenters. The van der Waals surface area contributed by atoms with E-state index in [2.05, 4.69) is 4.74 Å². The van der Waals surface area contributed by atoms with Crippen LogP contribution in [0.1, 0.15) is 27.2 Å². The molecule has 122 valence electrons. The van der Waals surface area contributed by atoms with Crippen molar-refractivity contribution >= 4 is 11.9 Å². The SMILES string of the molecule is COC(=O)/C(C)=C1\C(=O)O[C@]2(C)[C@@H]3C[C@@H]3[C@@](C)(CO)[C@H]2[C@@H]1O. The number of hydrogen-bond donors (Lipinski definition) is 2. The van der Waals surface area contributed by atoms with Crippen LogP contribution in [-0.4, -0.2) is 47.6 Å². The monoisotopic (exact) mass is 310 g/mol. The van der Waals surface area contributed by atoms with E-state index in [9.17, 15) is 19.8 Å². The second kappa shape index (κ2) is 4.55. The van der Waals surface area contributed by atoms with Gasteiger partial charge in [0.1, 0.15) is 5.60 Å². The van der Waals surface area contributed by atoms with E-state index in [1.807, 2.05) is 13.8 Å². The van der Waals surface area contributed by atoms with Crippen LogP contribution in [-0.2, 0) is 19.1 Å². The van der Waals surface area contributed by atoms with Gasteiger partial charge in [-0.05, 0) is 26.2 Å². The van der Waals surface area contributed by atoms with Crippen LogP contribution in [0.25, 0.3) is 0 Å². The molecule has 0 radical (unpaired) electrons. The van der Waals surface area contributed by atoms with Gasteiger partial charge in [-0.3, -0.25) is 0 Å². The van der Waals surface area contributed by atoms with Crippen molar-refractivity contribution in [3.05, 3.63) is 11.1 Å². The molecule has 6 heteroatoms. The third-order valence-corrected chi connectivity index (χ3v) is 6.08. The molecule has 2 aliphatic carbocycles. The molecule has 0 spiro atoms. The second-order valence-electron chi connectivity index (χ2n) is 7.14. The lowest BCUT2D eigenvalue weighted by Gasteiger charge is -2.48. The first-order valence-electron chi connectivity index (χ1n) is 7.53. The van der Waals surface area contributed by atoms with Gasteiger partial charge in [-0.1, -0.05) is 6.92 Å². The molecule has 6 atom stereocenters. The normalized spacial score (nSPS) is 48.2. The highest BCUT2D eigenvalue weighted by molar-refractivity contribution is 6.01. The molecular weight excluding hydrogens is 288 g/mol. The zero-order chi connectivity index (χ0) is 16.4. The van der Waals surface area contributed by atoms with Gasteiger partial charge in [-0.15, -0.1) is 0 Å². The summed E-state index contributed by atoms with van der Waals surface area (Å²) >= 11 is 0. The minimum Gasteiger partial charge on any atom is -0.466 e. The summed E-state index contributed by atoms with van der Waals surface area (Å²) in [4.78, 5) is 24.1. The lowest BCUT2D eigenvalue weighted by Crippen LogP contribution is -2.57. The molecule has 1 heterocycles. The maximum Gasteiger partial charge on any atom is 0.337 e. The summed E-state index contributed by atoms with van der Waals surface area (Å²) in [5, 5.41) is 20.7. The van der Waals surface area contributed by atoms with Gasteiger partial charge in [0.05, 0.1) is 18.8 Å². The van der Waals surface area contributed by atoms with E-state index >= 15 is 0 Å². The van der Waals surface area contributed by atoms with Crippen LogP contribution in [0.4, 0.5) is 0 Å². The Balaban J connectivity index is 2.08. The van der Waals surface area contributed by atoms with Crippen LogP contribution in [0.2, 0.25) is 0 Å². The minimum absolute atomic E-state index is 0.0460. The number of hydrogen-bond acceptors (Lipinski definition) is 6. The number of rotatable bonds is 2. The van der Waals surface area contributed by atoms with Crippen molar-refractivity contribution < 1.29 is 29.3 Å². The maximum atomic E-state index is 12.4. The van der Waals surface area contributed by atoms with Gasteiger partial charge in [0, 0.05) is 29.4 Å². The van der Waals surface area contributed by atoms with E-state index in [1.165, 1.54) is 14.0 Å². The van der Waals surface area contributed by atoms with E-state index in [0.29, 0.717) is 0 Å². The zero-order valence-electron chi connectivity index (χ0n) is 13.3. The van der Waals surface area contributed by atoms with Crippen molar-refractivity contribution in [3.8, 4) is 0 Å². The summed E-state index contributed by atoms with van der Waals surface area (Å²) in [5.41, 5.74) is -1.31. The van der Waals surface area contributed by atoms with Gasteiger partial charge in [-0.2, -0.15) is 0 Å². The number of methoxy groups -OCH3 is 1. The average molecular weight is 310 g/mol. The van der Waals surface area contributed by atoms with Crippen LogP contribution in [0.15, 0.2) is 11.1 Å². The molecule has 3 rings (SSSR count). The Kier molecular flexibility index (Phi) is 3.21. The van der Waals surface area contributed by atoms with Crippen LogP contribution < -0.4 is 0 Å². The van der Waals surface area contributed by atoms with Gasteiger partial charge in [0.2, 0.25) is 0 Å². The first-order chi connectivity index (χ1) is 10.2. The lowest BCUT2D eigenvalue weighted by molar-refractivity contribution is -0.186. The molecule has 6 nitrogen and oxygen atoms in total. The zero-order valence-corrected chi connectivity index (χ0v) is 13.3. The quantitative estimate of drug-likeness (QED) is 0.567. The smallest absolute Gasteiger partial charge is 0.337 e. The van der Waals surface area contributed by atoms with Gasteiger partial charge in [0.25, 0.3) is 0 Å². The largest absolute Gasteiger partial charge is 0.466 e. The summed E-state index contributed by atoms with van der Waals surface area (Å²) in [6.45, 7) is 5.10. The van der Waals surface area contributed by atoms with Crippen molar-refractivity contribution in [2.45, 2.75) is 38.9 Å². The highest BCUT2D eigenvalue weighted by Crippen LogP contribution is 2.72. The molecule has 0 bridgehead atoms. The molecule has 0 amide bonds. The van der Waals surface area contributed by atoms with Gasteiger partial charge >= 0.3 is 11.9 Å². The summed E-state index contributed by atoms with van der Waals surface area (Å²) in [7, 11) is 1.22. The van der Waals surface area contributed by atoms with Crippen molar-refractivity contribution in [3.63, 3.8) is 0 Å². The summed E-state index contributed by atoms with van der Waals surface area (Å²) < 4.78 is 10.3. The van der Waals surface area contributed by atoms with E-state index in [1.54, 1.807) is 0 Å². The molecule has 3 aliphatic rings.